The van der Waals surface area contributed by atoms with Gasteiger partial charge in [0, 0.05) is 4.47 Å². The van der Waals surface area contributed by atoms with Gasteiger partial charge in [-0.25, -0.2) is 8.42 Å². The molecule has 0 spiro atoms. The number of aryl methyl sites for hydroxylation is 1. The van der Waals surface area contributed by atoms with Gasteiger partial charge in [0.15, 0.2) is 5.82 Å². The summed E-state index contributed by atoms with van der Waals surface area (Å²) in [5, 5.41) is 14.9. The fraction of sp³-hybridized carbons (Fsp3) is 0.0909. The molecule has 0 unspecified atom stereocenters. The Hall–Kier alpha value is -1.85. The number of nitriles is 1. The first-order valence-electron chi connectivity index (χ1n) is 5.16. The van der Waals surface area contributed by atoms with Crippen molar-refractivity contribution in [2.45, 2.75) is 11.8 Å². The highest BCUT2D eigenvalue weighted by molar-refractivity contribution is 9.10. The lowest BCUT2D eigenvalue weighted by atomic mass is 10.2. The Morgan fingerprint density at radius 3 is 2.84 bits per heavy atom. The van der Waals surface area contributed by atoms with Gasteiger partial charge in [-0.15, -0.1) is 0 Å². The summed E-state index contributed by atoms with van der Waals surface area (Å²) in [6, 6.07) is 6.68. The van der Waals surface area contributed by atoms with E-state index in [0.29, 0.717) is 5.56 Å². The molecule has 19 heavy (non-hydrogen) atoms. The first-order valence-corrected chi connectivity index (χ1v) is 7.44. The number of sulfonamides is 1. The van der Waals surface area contributed by atoms with E-state index in [4.69, 9.17) is 5.26 Å². The summed E-state index contributed by atoms with van der Waals surface area (Å²) < 4.78 is 27.5. The zero-order valence-corrected chi connectivity index (χ0v) is 12.2. The van der Waals surface area contributed by atoms with Gasteiger partial charge in [0.25, 0.3) is 10.0 Å². The van der Waals surface area contributed by atoms with Gasteiger partial charge < -0.3 is 0 Å². The number of anilines is 1. The Kier molecular flexibility index (Phi) is 3.59. The number of hydrogen-bond acceptors (Lipinski definition) is 4. The van der Waals surface area contributed by atoms with Crippen molar-refractivity contribution in [1.82, 2.24) is 10.2 Å². The number of halogens is 1. The Morgan fingerprint density at radius 1 is 1.47 bits per heavy atom. The first kappa shape index (κ1) is 13.6. The zero-order chi connectivity index (χ0) is 14.0. The van der Waals surface area contributed by atoms with Crippen LogP contribution in [-0.4, -0.2) is 18.6 Å². The molecule has 0 radical (unpaired) electrons. The fourth-order valence-electron chi connectivity index (χ4n) is 1.55. The molecule has 2 rings (SSSR count). The van der Waals surface area contributed by atoms with E-state index >= 15 is 0 Å². The minimum Gasteiger partial charge on any atom is -0.263 e. The Balaban J connectivity index is 2.41. The van der Waals surface area contributed by atoms with Crippen LogP contribution in [-0.2, 0) is 10.0 Å². The lowest BCUT2D eigenvalue weighted by Gasteiger charge is -2.09. The van der Waals surface area contributed by atoms with Crippen LogP contribution < -0.4 is 4.72 Å². The maximum atomic E-state index is 12.2. The third kappa shape index (κ3) is 2.77. The van der Waals surface area contributed by atoms with Crippen LogP contribution in [0.5, 0.6) is 0 Å². The van der Waals surface area contributed by atoms with Gasteiger partial charge in [-0.3, -0.25) is 9.82 Å². The highest BCUT2D eigenvalue weighted by Crippen LogP contribution is 2.22. The van der Waals surface area contributed by atoms with E-state index in [1.807, 2.05) is 6.07 Å². The number of nitrogens with one attached hydrogen (secondary N) is 2. The van der Waals surface area contributed by atoms with Gasteiger partial charge in [-0.05, 0) is 30.7 Å². The lowest BCUT2D eigenvalue weighted by Crippen LogP contribution is -2.15. The molecule has 0 aliphatic rings. The third-order valence-electron chi connectivity index (χ3n) is 2.42. The summed E-state index contributed by atoms with van der Waals surface area (Å²) in [5.41, 5.74) is 0.734. The molecule has 1 heterocycles. The van der Waals surface area contributed by atoms with E-state index in [2.05, 4.69) is 30.8 Å². The first-order chi connectivity index (χ1) is 8.94. The molecule has 0 atom stereocenters. The Morgan fingerprint density at radius 2 is 2.21 bits per heavy atom. The summed E-state index contributed by atoms with van der Waals surface area (Å²) in [6.07, 6.45) is 1.26. The van der Waals surface area contributed by atoms with Crippen LogP contribution in [0.25, 0.3) is 0 Å². The molecule has 1 aromatic carbocycles. The van der Waals surface area contributed by atoms with Gasteiger partial charge in [0.1, 0.15) is 11.6 Å². The van der Waals surface area contributed by atoms with Crippen LogP contribution in [0.1, 0.15) is 11.1 Å². The molecule has 0 amide bonds. The number of nitrogens with zero attached hydrogens (tertiary/aromatic N) is 2. The predicted molar refractivity (Wildman–Crippen MR) is 73.0 cm³/mol. The average molecular weight is 341 g/mol. The van der Waals surface area contributed by atoms with Crippen molar-refractivity contribution >= 4 is 31.8 Å². The Labute approximate surface area is 118 Å². The van der Waals surface area contributed by atoms with Crippen molar-refractivity contribution in [2.24, 2.45) is 0 Å². The van der Waals surface area contributed by atoms with Crippen molar-refractivity contribution in [3.63, 3.8) is 0 Å². The molecule has 0 aliphatic carbocycles. The summed E-state index contributed by atoms with van der Waals surface area (Å²) >= 11 is 3.27. The number of aromatic amines is 1. The molecule has 0 saturated heterocycles. The van der Waals surface area contributed by atoms with E-state index in [1.165, 1.54) is 12.3 Å². The molecule has 0 fully saturated rings. The second-order valence-electron chi connectivity index (χ2n) is 3.79. The summed E-state index contributed by atoms with van der Waals surface area (Å²) in [7, 11) is -3.76. The van der Waals surface area contributed by atoms with Crippen LogP contribution in [0.2, 0.25) is 0 Å². The SMILES string of the molecule is Cc1cc(Br)ccc1S(=O)(=O)Nc1[nH]ncc1C#N. The molecular formula is C11H9BrN4O2S. The summed E-state index contributed by atoms with van der Waals surface area (Å²) in [6.45, 7) is 1.69. The lowest BCUT2D eigenvalue weighted by molar-refractivity contribution is 0.600. The number of aromatic nitrogens is 2. The molecule has 0 saturated carbocycles. The zero-order valence-electron chi connectivity index (χ0n) is 9.81. The second kappa shape index (κ2) is 5.03. The standard InChI is InChI=1S/C11H9BrN4O2S/c1-7-4-9(12)2-3-10(7)19(17,18)16-11-8(5-13)6-14-15-11/h2-4,6H,1H3,(H2,14,15,16). The number of hydrogen-bond donors (Lipinski definition) is 2. The van der Waals surface area contributed by atoms with Crippen molar-refractivity contribution in [3.8, 4) is 6.07 Å². The smallest absolute Gasteiger partial charge is 0.263 e. The molecule has 6 nitrogen and oxygen atoms in total. The summed E-state index contributed by atoms with van der Waals surface area (Å²) in [4.78, 5) is 0.147. The van der Waals surface area contributed by atoms with Gasteiger partial charge in [-0.1, -0.05) is 15.9 Å². The normalized spacial score (nSPS) is 11.0. The van der Waals surface area contributed by atoms with Crippen LogP contribution in [0.15, 0.2) is 33.8 Å². The maximum absolute atomic E-state index is 12.2. The van der Waals surface area contributed by atoms with Gasteiger partial charge in [-0.2, -0.15) is 10.4 Å². The molecular weight excluding hydrogens is 332 g/mol. The molecule has 2 aromatic rings. The van der Waals surface area contributed by atoms with Crippen LogP contribution in [0, 0.1) is 18.3 Å². The van der Waals surface area contributed by atoms with E-state index in [1.54, 1.807) is 19.1 Å². The fourth-order valence-corrected chi connectivity index (χ4v) is 3.29. The highest BCUT2D eigenvalue weighted by atomic mass is 79.9. The molecule has 0 bridgehead atoms. The minimum atomic E-state index is -3.76. The van der Waals surface area contributed by atoms with Crippen molar-refractivity contribution in [2.75, 3.05) is 4.72 Å². The van der Waals surface area contributed by atoms with Crippen molar-refractivity contribution in [3.05, 3.63) is 40.0 Å². The number of H-pyrrole nitrogens is 1. The minimum absolute atomic E-state index is 0.0600. The van der Waals surface area contributed by atoms with Gasteiger partial charge >= 0.3 is 0 Å². The molecule has 1 aromatic heterocycles. The van der Waals surface area contributed by atoms with Crippen LogP contribution >= 0.6 is 15.9 Å². The monoisotopic (exact) mass is 340 g/mol. The van der Waals surface area contributed by atoms with E-state index < -0.39 is 10.0 Å². The quantitative estimate of drug-likeness (QED) is 0.894. The average Bonchev–Trinajstić information content (AvgIpc) is 2.74. The molecule has 98 valence electrons. The van der Waals surface area contributed by atoms with E-state index in [0.717, 1.165) is 4.47 Å². The topological polar surface area (TPSA) is 98.6 Å². The summed E-state index contributed by atoms with van der Waals surface area (Å²) in [5.74, 6) is 0.0600. The Bertz CT molecular complexity index is 761. The molecule has 0 aliphatic heterocycles. The van der Waals surface area contributed by atoms with Crippen LogP contribution in [0.4, 0.5) is 5.82 Å². The molecule has 8 heteroatoms. The second-order valence-corrected chi connectivity index (χ2v) is 6.35. The van der Waals surface area contributed by atoms with Crippen molar-refractivity contribution in [1.29, 1.82) is 5.26 Å². The van der Waals surface area contributed by atoms with Crippen LogP contribution in [0.3, 0.4) is 0 Å². The van der Waals surface area contributed by atoms with E-state index in [-0.39, 0.29) is 16.3 Å². The molecule has 2 N–H and O–H groups in total. The van der Waals surface area contributed by atoms with E-state index in [9.17, 15) is 8.42 Å². The predicted octanol–water partition coefficient (Wildman–Crippen LogP) is 2.15. The van der Waals surface area contributed by atoms with Gasteiger partial charge in [0.05, 0.1) is 11.1 Å². The maximum Gasteiger partial charge on any atom is 0.263 e. The number of benzene rings is 1. The highest BCUT2D eigenvalue weighted by Gasteiger charge is 2.19. The largest absolute Gasteiger partial charge is 0.263 e. The third-order valence-corrected chi connectivity index (χ3v) is 4.43. The number of rotatable bonds is 3. The van der Waals surface area contributed by atoms with Gasteiger partial charge in [0.2, 0.25) is 0 Å². The van der Waals surface area contributed by atoms with Crippen molar-refractivity contribution < 1.29 is 8.42 Å².